The molecule has 0 atom stereocenters. The summed E-state index contributed by atoms with van der Waals surface area (Å²) in [6, 6.07) is 10.7. The van der Waals surface area contributed by atoms with Crippen molar-refractivity contribution >= 4 is 23.6 Å². The first-order valence-electron chi connectivity index (χ1n) is 12.7. The number of urea groups is 1. The second-order valence-corrected chi connectivity index (χ2v) is 9.51. The largest absolute Gasteiger partial charge is 0.462 e. The number of aryl methyl sites for hydroxylation is 1. The maximum Gasteiger partial charge on any atom is 0.338 e. The average Bonchev–Trinajstić information content (AvgIpc) is 3.63. The van der Waals surface area contributed by atoms with E-state index in [1.807, 2.05) is 34.8 Å². The van der Waals surface area contributed by atoms with Gasteiger partial charge in [0.15, 0.2) is 0 Å². The number of carbonyl (C=O) groups is 3. The highest BCUT2D eigenvalue weighted by molar-refractivity contribution is 5.94. The summed E-state index contributed by atoms with van der Waals surface area (Å²) >= 11 is 0. The summed E-state index contributed by atoms with van der Waals surface area (Å²) in [5.41, 5.74) is 2.10. The quantitative estimate of drug-likeness (QED) is 0.534. The molecule has 0 spiro atoms. The molecule has 1 aromatic carbocycles. The van der Waals surface area contributed by atoms with Gasteiger partial charge in [0.05, 0.1) is 18.7 Å². The van der Waals surface area contributed by atoms with Gasteiger partial charge in [0.25, 0.3) is 0 Å². The molecule has 0 saturated heterocycles. The molecule has 2 saturated carbocycles. The predicted octanol–water partition coefficient (Wildman–Crippen LogP) is 4.56. The zero-order valence-corrected chi connectivity index (χ0v) is 20.7. The fourth-order valence-electron chi connectivity index (χ4n) is 4.74. The summed E-state index contributed by atoms with van der Waals surface area (Å²) in [7, 11) is 1.99. The fraction of sp³-hybridized carbons (Fsp3) is 0.519. The van der Waals surface area contributed by atoms with Crippen LogP contribution < -0.4 is 5.32 Å². The molecule has 2 aromatic rings. The summed E-state index contributed by atoms with van der Waals surface area (Å²) in [5, 5.41) is 2.94. The molecule has 188 valence electrons. The van der Waals surface area contributed by atoms with E-state index in [0.717, 1.165) is 50.6 Å². The Labute approximate surface area is 207 Å². The second kappa shape index (κ2) is 11.4. The van der Waals surface area contributed by atoms with Crippen LogP contribution in [0.15, 0.2) is 42.6 Å². The predicted molar refractivity (Wildman–Crippen MR) is 134 cm³/mol. The van der Waals surface area contributed by atoms with E-state index >= 15 is 0 Å². The van der Waals surface area contributed by atoms with Crippen LogP contribution in [0.5, 0.6) is 0 Å². The zero-order chi connectivity index (χ0) is 24.8. The molecule has 0 bridgehead atoms. The van der Waals surface area contributed by atoms with Gasteiger partial charge in [-0.25, -0.2) is 9.59 Å². The Morgan fingerprint density at radius 1 is 0.971 bits per heavy atom. The molecule has 0 radical (unpaired) electrons. The third-order valence-corrected chi connectivity index (χ3v) is 6.92. The number of carbonyl (C=O) groups excluding carboxylic acids is 3. The van der Waals surface area contributed by atoms with Gasteiger partial charge in [0.1, 0.15) is 6.54 Å². The van der Waals surface area contributed by atoms with Gasteiger partial charge in [0.2, 0.25) is 5.91 Å². The van der Waals surface area contributed by atoms with E-state index in [0.29, 0.717) is 24.4 Å². The maximum atomic E-state index is 13.5. The van der Waals surface area contributed by atoms with Crippen molar-refractivity contribution in [2.24, 2.45) is 7.05 Å². The molecule has 8 heteroatoms. The van der Waals surface area contributed by atoms with Crippen molar-refractivity contribution in [3.05, 3.63) is 53.9 Å². The number of esters is 1. The summed E-state index contributed by atoms with van der Waals surface area (Å²) in [4.78, 5) is 42.5. The van der Waals surface area contributed by atoms with Crippen LogP contribution in [0, 0.1) is 0 Å². The first-order chi connectivity index (χ1) is 17.0. The van der Waals surface area contributed by atoms with Crippen molar-refractivity contribution in [1.82, 2.24) is 14.4 Å². The highest BCUT2D eigenvalue weighted by Gasteiger charge is 2.36. The van der Waals surface area contributed by atoms with Crippen LogP contribution in [0.1, 0.15) is 67.9 Å². The lowest BCUT2D eigenvalue weighted by Gasteiger charge is -2.35. The number of amides is 3. The number of benzene rings is 1. The Morgan fingerprint density at radius 2 is 1.66 bits per heavy atom. The monoisotopic (exact) mass is 480 g/mol. The molecule has 3 amide bonds. The second-order valence-electron chi connectivity index (χ2n) is 9.51. The van der Waals surface area contributed by atoms with Crippen LogP contribution in [0.3, 0.4) is 0 Å². The Balaban J connectivity index is 1.46. The van der Waals surface area contributed by atoms with E-state index in [-0.39, 0.29) is 30.6 Å². The van der Waals surface area contributed by atoms with Crippen molar-refractivity contribution in [3.63, 3.8) is 0 Å². The number of anilines is 1. The highest BCUT2D eigenvalue weighted by Crippen LogP contribution is 2.30. The maximum absolute atomic E-state index is 13.5. The molecule has 8 nitrogen and oxygen atoms in total. The molecule has 35 heavy (non-hydrogen) atoms. The molecule has 1 aromatic heterocycles. The third-order valence-electron chi connectivity index (χ3n) is 6.92. The van der Waals surface area contributed by atoms with Crippen LogP contribution in [0.2, 0.25) is 0 Å². The van der Waals surface area contributed by atoms with Crippen LogP contribution in [0.4, 0.5) is 10.5 Å². The first-order valence-corrected chi connectivity index (χ1v) is 12.7. The normalized spacial score (nSPS) is 15.9. The first kappa shape index (κ1) is 24.8. The number of rotatable bonds is 9. The van der Waals surface area contributed by atoms with Gasteiger partial charge in [-0.15, -0.1) is 0 Å². The van der Waals surface area contributed by atoms with E-state index in [1.165, 1.54) is 0 Å². The summed E-state index contributed by atoms with van der Waals surface area (Å²) in [6.45, 7) is 2.70. The Hall–Kier alpha value is -3.29. The zero-order valence-electron chi connectivity index (χ0n) is 20.7. The number of nitrogens with zero attached hydrogens (tertiary/aromatic N) is 3. The minimum absolute atomic E-state index is 0.00733. The lowest BCUT2D eigenvalue weighted by atomic mass is 9.94. The number of hydrogen-bond acceptors (Lipinski definition) is 4. The standard InChI is InChI=1S/C27H36N4O4/c1-3-35-26(33)20-11-13-21(14-12-20)28-27(34)31(22-8-5-4-6-9-22)19-25(32)30(23-15-16-23)18-24-10-7-17-29(24)2/h7,10-14,17,22-23H,3-6,8-9,15-16,18-19H2,1-2H3,(H,28,34). The van der Waals surface area contributed by atoms with Gasteiger partial charge in [-0.2, -0.15) is 0 Å². The van der Waals surface area contributed by atoms with Gasteiger partial charge in [0, 0.05) is 36.7 Å². The van der Waals surface area contributed by atoms with E-state index in [2.05, 4.69) is 5.32 Å². The summed E-state index contributed by atoms with van der Waals surface area (Å²) in [6.07, 6.45) is 9.11. The molecule has 1 N–H and O–H groups in total. The molecular weight excluding hydrogens is 444 g/mol. The van der Waals surface area contributed by atoms with Crippen LogP contribution in [0.25, 0.3) is 0 Å². The average molecular weight is 481 g/mol. The van der Waals surface area contributed by atoms with Gasteiger partial charge in [-0.05, 0) is 69.0 Å². The van der Waals surface area contributed by atoms with Gasteiger partial charge in [-0.1, -0.05) is 19.3 Å². The van der Waals surface area contributed by atoms with Crippen LogP contribution in [-0.2, 0) is 23.1 Å². The van der Waals surface area contributed by atoms with Crippen molar-refractivity contribution < 1.29 is 19.1 Å². The lowest BCUT2D eigenvalue weighted by Crippen LogP contribution is -2.50. The van der Waals surface area contributed by atoms with E-state index in [4.69, 9.17) is 4.74 Å². The smallest absolute Gasteiger partial charge is 0.338 e. The minimum atomic E-state index is -0.391. The minimum Gasteiger partial charge on any atom is -0.462 e. The van der Waals surface area contributed by atoms with Crippen LogP contribution >= 0.6 is 0 Å². The Kier molecular flexibility index (Phi) is 8.10. The van der Waals surface area contributed by atoms with E-state index in [1.54, 1.807) is 36.1 Å². The lowest BCUT2D eigenvalue weighted by molar-refractivity contribution is -0.133. The molecule has 2 fully saturated rings. The fourth-order valence-corrected chi connectivity index (χ4v) is 4.74. The van der Waals surface area contributed by atoms with Gasteiger partial charge < -0.3 is 24.4 Å². The van der Waals surface area contributed by atoms with Crippen molar-refractivity contribution in [1.29, 1.82) is 0 Å². The Bertz CT molecular complexity index is 1020. The topological polar surface area (TPSA) is 83.9 Å². The third kappa shape index (κ3) is 6.44. The number of ether oxygens (including phenoxy) is 1. The van der Waals surface area contributed by atoms with Crippen molar-refractivity contribution in [2.75, 3.05) is 18.5 Å². The SMILES string of the molecule is CCOC(=O)c1ccc(NC(=O)N(CC(=O)N(Cc2cccn2C)C2CC2)C2CCCCC2)cc1. The van der Waals surface area contributed by atoms with Crippen molar-refractivity contribution in [2.45, 2.75) is 70.5 Å². The molecule has 0 unspecified atom stereocenters. The molecular formula is C27H36N4O4. The number of hydrogen-bond donors (Lipinski definition) is 1. The number of aromatic nitrogens is 1. The molecule has 1 heterocycles. The van der Waals surface area contributed by atoms with E-state index < -0.39 is 5.97 Å². The number of nitrogens with one attached hydrogen (secondary N) is 1. The molecule has 4 rings (SSSR count). The van der Waals surface area contributed by atoms with E-state index in [9.17, 15) is 14.4 Å². The van der Waals surface area contributed by atoms with Crippen molar-refractivity contribution in [3.8, 4) is 0 Å². The highest BCUT2D eigenvalue weighted by atomic mass is 16.5. The van der Waals surface area contributed by atoms with Gasteiger partial charge >= 0.3 is 12.0 Å². The molecule has 2 aliphatic carbocycles. The molecule has 2 aliphatic rings. The van der Waals surface area contributed by atoms with Crippen LogP contribution in [-0.4, -0.2) is 57.5 Å². The summed E-state index contributed by atoms with van der Waals surface area (Å²) < 4.78 is 7.06. The Morgan fingerprint density at radius 3 is 2.26 bits per heavy atom. The summed E-state index contributed by atoms with van der Waals surface area (Å²) in [5.74, 6) is -0.398. The van der Waals surface area contributed by atoms with Gasteiger partial charge in [-0.3, -0.25) is 4.79 Å². The molecule has 0 aliphatic heterocycles.